The highest BCUT2D eigenvalue weighted by Crippen LogP contribution is 2.44. The van der Waals surface area contributed by atoms with E-state index in [9.17, 15) is 14.7 Å². The van der Waals surface area contributed by atoms with E-state index in [1.807, 2.05) is 24.3 Å². The molecule has 0 radical (unpaired) electrons. The summed E-state index contributed by atoms with van der Waals surface area (Å²) < 4.78 is 5.48. The van der Waals surface area contributed by atoms with Crippen molar-refractivity contribution < 1.29 is 19.4 Å². The summed E-state index contributed by atoms with van der Waals surface area (Å²) in [6, 6.07) is 21.0. The smallest absolute Gasteiger partial charge is 0.407 e. The van der Waals surface area contributed by atoms with Gasteiger partial charge in [-0.1, -0.05) is 72.5 Å². The van der Waals surface area contributed by atoms with Crippen molar-refractivity contribution in [3.63, 3.8) is 0 Å². The second-order valence-corrected chi connectivity index (χ2v) is 7.16. The van der Waals surface area contributed by atoms with Gasteiger partial charge in [0.2, 0.25) is 0 Å². The number of carbonyl (C=O) groups excluding carboxylic acids is 2. The van der Waals surface area contributed by atoms with E-state index in [0.29, 0.717) is 30.4 Å². The third-order valence-electron chi connectivity index (χ3n) is 5.28. The summed E-state index contributed by atoms with van der Waals surface area (Å²) in [7, 11) is 0. The van der Waals surface area contributed by atoms with Gasteiger partial charge in [0.15, 0.2) is 6.29 Å². The van der Waals surface area contributed by atoms with Crippen LogP contribution in [-0.4, -0.2) is 30.6 Å². The van der Waals surface area contributed by atoms with Crippen LogP contribution in [0.4, 0.5) is 4.79 Å². The van der Waals surface area contributed by atoms with Crippen LogP contribution in [-0.2, 0) is 4.74 Å². The first-order valence-corrected chi connectivity index (χ1v) is 10.0. The van der Waals surface area contributed by atoms with E-state index in [2.05, 4.69) is 41.4 Å². The lowest BCUT2D eigenvalue weighted by Crippen LogP contribution is -2.26. The largest absolute Gasteiger partial charge is 0.507 e. The minimum Gasteiger partial charge on any atom is -0.507 e. The standard InChI is InChI=1S/C26H21NO4/c28-16-18-8-7-14-25(29)19(18)9-5-6-15-27-26(30)31-17-24-22-12-3-1-10-20(22)21-11-2-4-13-23(21)24/h1-4,7-8,10-14,16,24,29H,6,15,17H2,(H,27,30). The highest BCUT2D eigenvalue weighted by Gasteiger charge is 2.28. The van der Waals surface area contributed by atoms with Crippen LogP contribution in [0.3, 0.4) is 0 Å². The SMILES string of the molecule is O=Cc1cccc(O)c1C#CCCNC(=O)OCC1c2ccccc2-c2ccccc21. The number of phenolic OH excluding ortho intramolecular Hbond substituents is 1. The molecule has 4 rings (SSSR count). The molecule has 154 valence electrons. The molecule has 1 aliphatic rings. The Labute approximate surface area is 180 Å². The number of aromatic hydroxyl groups is 1. The molecule has 2 N–H and O–H groups in total. The number of benzene rings is 3. The molecule has 5 heteroatoms. The van der Waals surface area contributed by atoms with Crippen LogP contribution in [0, 0.1) is 11.8 Å². The molecule has 0 saturated heterocycles. The zero-order valence-electron chi connectivity index (χ0n) is 16.8. The van der Waals surface area contributed by atoms with Crippen LogP contribution < -0.4 is 5.32 Å². The monoisotopic (exact) mass is 411 g/mol. The van der Waals surface area contributed by atoms with Crippen LogP contribution in [0.25, 0.3) is 11.1 Å². The van der Waals surface area contributed by atoms with Gasteiger partial charge in [-0.25, -0.2) is 4.79 Å². The normalized spacial score (nSPS) is 11.6. The van der Waals surface area contributed by atoms with Crippen molar-refractivity contribution in [3.05, 3.63) is 89.0 Å². The molecular weight excluding hydrogens is 390 g/mol. The van der Waals surface area contributed by atoms with Gasteiger partial charge in [-0.15, -0.1) is 0 Å². The van der Waals surface area contributed by atoms with Gasteiger partial charge in [0.05, 0.1) is 5.56 Å². The molecule has 0 aliphatic heterocycles. The summed E-state index contributed by atoms with van der Waals surface area (Å²) in [4.78, 5) is 23.2. The number of aldehydes is 1. The summed E-state index contributed by atoms with van der Waals surface area (Å²) >= 11 is 0. The Morgan fingerprint density at radius 2 is 1.68 bits per heavy atom. The minimum absolute atomic E-state index is 0.0146. The molecule has 3 aromatic carbocycles. The molecule has 5 nitrogen and oxygen atoms in total. The third-order valence-corrected chi connectivity index (χ3v) is 5.28. The number of amides is 1. The quantitative estimate of drug-likeness (QED) is 0.369. The predicted molar refractivity (Wildman–Crippen MR) is 118 cm³/mol. The topological polar surface area (TPSA) is 75.6 Å². The van der Waals surface area contributed by atoms with E-state index in [4.69, 9.17) is 4.74 Å². The predicted octanol–water partition coefficient (Wildman–Crippen LogP) is 4.49. The molecule has 0 heterocycles. The molecule has 1 amide bonds. The Kier molecular flexibility index (Phi) is 6.00. The van der Waals surface area contributed by atoms with Gasteiger partial charge < -0.3 is 15.2 Å². The van der Waals surface area contributed by atoms with Crippen LogP contribution in [0.1, 0.15) is 39.4 Å². The van der Waals surface area contributed by atoms with Crippen LogP contribution in [0.2, 0.25) is 0 Å². The van der Waals surface area contributed by atoms with Crippen LogP contribution >= 0.6 is 0 Å². The Bertz CT molecular complexity index is 1140. The highest BCUT2D eigenvalue weighted by atomic mass is 16.5. The van der Waals surface area contributed by atoms with Gasteiger partial charge in [-0.2, -0.15) is 0 Å². The summed E-state index contributed by atoms with van der Waals surface area (Å²) in [5, 5.41) is 12.5. The second-order valence-electron chi connectivity index (χ2n) is 7.16. The summed E-state index contributed by atoms with van der Waals surface area (Å²) in [5.74, 6) is 5.61. The molecule has 0 saturated carbocycles. The number of nitrogens with one attached hydrogen (secondary N) is 1. The summed E-state index contributed by atoms with van der Waals surface area (Å²) in [6.45, 7) is 0.555. The lowest BCUT2D eigenvalue weighted by Gasteiger charge is -2.14. The molecule has 0 aromatic heterocycles. The first kappa shape index (κ1) is 20.2. The van der Waals surface area contributed by atoms with Crippen molar-refractivity contribution in [2.75, 3.05) is 13.2 Å². The summed E-state index contributed by atoms with van der Waals surface area (Å²) in [5.41, 5.74) is 5.31. The van der Waals surface area contributed by atoms with Crippen molar-refractivity contribution in [3.8, 4) is 28.7 Å². The molecule has 3 aromatic rings. The minimum atomic E-state index is -0.500. The maximum absolute atomic E-state index is 12.1. The van der Waals surface area contributed by atoms with Crippen LogP contribution in [0.15, 0.2) is 66.7 Å². The van der Waals surface area contributed by atoms with Crippen LogP contribution in [0.5, 0.6) is 5.75 Å². The molecule has 0 unspecified atom stereocenters. The van der Waals surface area contributed by atoms with E-state index >= 15 is 0 Å². The van der Waals surface area contributed by atoms with E-state index in [1.165, 1.54) is 17.2 Å². The van der Waals surface area contributed by atoms with Crippen molar-refractivity contribution in [2.45, 2.75) is 12.3 Å². The first-order valence-electron chi connectivity index (χ1n) is 10.0. The number of rotatable bonds is 5. The number of hydrogen-bond acceptors (Lipinski definition) is 4. The Morgan fingerprint density at radius 1 is 1.00 bits per heavy atom. The second kappa shape index (κ2) is 9.19. The Morgan fingerprint density at radius 3 is 2.35 bits per heavy atom. The zero-order valence-corrected chi connectivity index (χ0v) is 16.8. The van der Waals surface area contributed by atoms with Crippen molar-refractivity contribution in [1.29, 1.82) is 0 Å². The zero-order chi connectivity index (χ0) is 21.6. The fraction of sp³-hybridized carbons (Fsp3) is 0.154. The number of hydrogen-bond donors (Lipinski definition) is 2. The first-order chi connectivity index (χ1) is 15.2. The average Bonchev–Trinajstić information content (AvgIpc) is 3.12. The van der Waals surface area contributed by atoms with E-state index in [1.54, 1.807) is 12.1 Å². The molecule has 0 atom stereocenters. The molecular formula is C26H21NO4. The fourth-order valence-electron chi connectivity index (χ4n) is 3.82. The number of carbonyl (C=O) groups is 2. The van der Waals surface area contributed by atoms with Gasteiger partial charge in [-0.3, -0.25) is 4.79 Å². The number of ether oxygens (including phenoxy) is 1. The van der Waals surface area contributed by atoms with E-state index < -0.39 is 6.09 Å². The van der Waals surface area contributed by atoms with Gasteiger partial charge in [0.25, 0.3) is 0 Å². The lowest BCUT2D eigenvalue weighted by molar-refractivity contribution is 0.112. The van der Waals surface area contributed by atoms with E-state index in [0.717, 1.165) is 11.1 Å². The lowest BCUT2D eigenvalue weighted by atomic mass is 9.98. The Hall–Kier alpha value is -4.04. The molecule has 0 fully saturated rings. The Balaban J connectivity index is 1.31. The molecule has 0 bridgehead atoms. The molecule has 0 spiro atoms. The van der Waals surface area contributed by atoms with Gasteiger partial charge in [0.1, 0.15) is 12.4 Å². The molecule has 31 heavy (non-hydrogen) atoms. The van der Waals surface area contributed by atoms with Crippen molar-refractivity contribution >= 4 is 12.4 Å². The summed E-state index contributed by atoms with van der Waals surface area (Å²) in [6.07, 6.45) is 0.509. The fourth-order valence-corrected chi connectivity index (χ4v) is 3.82. The number of phenols is 1. The number of fused-ring (bicyclic) bond motifs is 3. The molecule has 1 aliphatic carbocycles. The average molecular weight is 411 g/mol. The van der Waals surface area contributed by atoms with Gasteiger partial charge >= 0.3 is 6.09 Å². The highest BCUT2D eigenvalue weighted by molar-refractivity contribution is 5.81. The van der Waals surface area contributed by atoms with Gasteiger partial charge in [0, 0.05) is 24.4 Å². The third kappa shape index (κ3) is 4.29. The van der Waals surface area contributed by atoms with Crippen molar-refractivity contribution in [1.82, 2.24) is 5.32 Å². The van der Waals surface area contributed by atoms with E-state index in [-0.39, 0.29) is 18.3 Å². The van der Waals surface area contributed by atoms with Gasteiger partial charge in [-0.05, 0) is 28.3 Å². The maximum atomic E-state index is 12.1. The number of alkyl carbamates (subject to hydrolysis) is 1. The van der Waals surface area contributed by atoms with Crippen molar-refractivity contribution in [2.24, 2.45) is 0 Å². The maximum Gasteiger partial charge on any atom is 0.407 e.